The van der Waals surface area contributed by atoms with Crippen LogP contribution < -0.4 is 11.5 Å². The third kappa shape index (κ3) is 8.39. The molecule has 55 heavy (non-hydrogen) atoms. The van der Waals surface area contributed by atoms with Gasteiger partial charge >= 0.3 is 0 Å². The number of aliphatic imine (C=N–C) groups is 2. The highest BCUT2D eigenvalue weighted by molar-refractivity contribution is 6.00. The maximum Gasteiger partial charge on any atom is 0.125 e. The van der Waals surface area contributed by atoms with Gasteiger partial charge < -0.3 is 21.4 Å². The molecule has 0 aliphatic carbocycles. The first kappa shape index (κ1) is 35.2. The number of hydrogen-bond donors (Lipinski definition) is 4. The van der Waals surface area contributed by atoms with Crippen LogP contribution in [0.25, 0.3) is 22.1 Å². The fourth-order valence-electron chi connectivity index (χ4n) is 7.37. The Labute approximate surface area is 321 Å². The van der Waals surface area contributed by atoms with E-state index in [2.05, 4.69) is 131 Å². The summed E-state index contributed by atoms with van der Waals surface area (Å²) >= 11 is 0. The summed E-state index contributed by atoms with van der Waals surface area (Å²) in [6.45, 7) is 1.22. The Balaban J connectivity index is 0.920. The van der Waals surface area contributed by atoms with Crippen molar-refractivity contribution in [3.8, 4) is 0 Å². The highest BCUT2D eigenvalue weighted by atomic mass is 15.0. The quantitative estimate of drug-likeness (QED) is 0.0660. The van der Waals surface area contributed by atoms with Crippen LogP contribution >= 0.6 is 0 Å². The van der Waals surface area contributed by atoms with Crippen LogP contribution in [-0.2, 0) is 6.42 Å². The predicted octanol–water partition coefficient (Wildman–Crippen LogP) is 8.89. The lowest BCUT2D eigenvalue weighted by Gasteiger charge is -2.17. The summed E-state index contributed by atoms with van der Waals surface area (Å²) in [5.74, 6) is 3.14. The normalized spacial score (nSPS) is 12.3. The predicted molar refractivity (Wildman–Crippen MR) is 225 cm³/mol. The number of hydrogen-bond acceptors (Lipinski definition) is 4. The standard InChI is InChI=1S/C47H44N8/c48-46(50-27-25-38(32-13-5-1-6-14-32)33-15-7-2-8-16-33)36-21-23-40-42(29-36)54-44(52-40)31-45-53-41-24-22-37(30-43(41)55-45)47(49)51-28-26-39(34-17-9-3-10-18-34)35-19-11-4-12-20-35/h1-24,29-30,38-39H,25-28,31H2,(H2,48,50)(H2,49,51)(H,52,54)(H,53,55). The second kappa shape index (κ2) is 16.5. The molecule has 0 aliphatic rings. The summed E-state index contributed by atoms with van der Waals surface area (Å²) in [6.07, 6.45) is 2.23. The van der Waals surface area contributed by atoms with Crippen LogP contribution in [0.1, 0.15) is 69.7 Å². The number of nitrogens with two attached hydrogens (primary N) is 2. The number of nitrogens with zero attached hydrogens (tertiary/aromatic N) is 4. The summed E-state index contributed by atoms with van der Waals surface area (Å²) in [6, 6.07) is 54.3. The van der Waals surface area contributed by atoms with Crippen molar-refractivity contribution in [1.82, 2.24) is 19.9 Å². The molecular weight excluding hydrogens is 677 g/mol. The second-order valence-corrected chi connectivity index (χ2v) is 13.9. The number of nitrogens with one attached hydrogen (secondary N) is 2. The Bertz CT molecular complexity index is 2280. The van der Waals surface area contributed by atoms with Crippen LogP contribution in [0, 0.1) is 0 Å². The molecule has 6 aromatic carbocycles. The molecule has 0 spiro atoms. The number of fused-ring (bicyclic) bond motifs is 2. The van der Waals surface area contributed by atoms with Gasteiger partial charge in [-0.3, -0.25) is 9.98 Å². The van der Waals surface area contributed by atoms with Crippen molar-refractivity contribution in [2.45, 2.75) is 31.1 Å². The number of aromatic amines is 2. The average Bonchev–Trinajstić information content (AvgIpc) is 3.84. The summed E-state index contributed by atoms with van der Waals surface area (Å²) < 4.78 is 0. The number of benzene rings is 6. The van der Waals surface area contributed by atoms with Gasteiger partial charge in [-0.15, -0.1) is 0 Å². The average molecular weight is 721 g/mol. The van der Waals surface area contributed by atoms with E-state index in [1.165, 1.54) is 22.3 Å². The molecule has 0 amide bonds. The van der Waals surface area contributed by atoms with E-state index in [9.17, 15) is 0 Å². The van der Waals surface area contributed by atoms with E-state index >= 15 is 0 Å². The number of rotatable bonds is 14. The Morgan fingerprint density at radius 2 is 0.818 bits per heavy atom. The zero-order valence-corrected chi connectivity index (χ0v) is 30.6. The van der Waals surface area contributed by atoms with E-state index in [4.69, 9.17) is 31.4 Å². The first-order valence-electron chi connectivity index (χ1n) is 18.8. The van der Waals surface area contributed by atoms with Gasteiger partial charge in [-0.25, -0.2) is 9.97 Å². The van der Waals surface area contributed by atoms with Gasteiger partial charge in [0, 0.05) is 36.1 Å². The van der Waals surface area contributed by atoms with Gasteiger partial charge in [0.1, 0.15) is 23.3 Å². The molecule has 6 N–H and O–H groups in total. The summed E-state index contributed by atoms with van der Waals surface area (Å²) in [5.41, 5.74) is 23.4. The SMILES string of the molecule is NC(=NCCC(c1ccccc1)c1ccccc1)c1ccc2nc(Cc3nc4ccc(C(N)=NCCC(c5ccccc5)c5ccccc5)cc4[nH]3)[nH]c2c1. The van der Waals surface area contributed by atoms with Crippen LogP contribution in [0.4, 0.5) is 0 Å². The first-order valence-corrected chi connectivity index (χ1v) is 18.8. The molecule has 2 heterocycles. The monoisotopic (exact) mass is 720 g/mol. The van der Waals surface area contributed by atoms with Gasteiger partial charge in [-0.05, 0) is 71.5 Å². The van der Waals surface area contributed by atoms with Gasteiger partial charge in [-0.1, -0.05) is 121 Å². The molecule has 8 rings (SSSR count). The number of aromatic nitrogens is 4. The third-order valence-corrected chi connectivity index (χ3v) is 10.2. The lowest BCUT2D eigenvalue weighted by Crippen LogP contribution is -2.14. The van der Waals surface area contributed by atoms with Gasteiger partial charge in [0.25, 0.3) is 0 Å². The molecule has 8 aromatic rings. The van der Waals surface area contributed by atoms with Gasteiger partial charge in [0.05, 0.1) is 28.5 Å². The Hall–Kier alpha value is -6.80. The van der Waals surface area contributed by atoms with Gasteiger partial charge in [-0.2, -0.15) is 0 Å². The smallest absolute Gasteiger partial charge is 0.125 e. The summed E-state index contributed by atoms with van der Waals surface area (Å²) in [7, 11) is 0. The maximum atomic E-state index is 6.53. The number of imidazole rings is 2. The van der Waals surface area contributed by atoms with E-state index in [1.54, 1.807) is 0 Å². The highest BCUT2D eigenvalue weighted by Gasteiger charge is 2.16. The van der Waals surface area contributed by atoms with Crippen LogP contribution in [0.5, 0.6) is 0 Å². The van der Waals surface area contributed by atoms with E-state index < -0.39 is 0 Å². The largest absolute Gasteiger partial charge is 0.384 e. The van der Waals surface area contributed by atoms with E-state index in [-0.39, 0.29) is 11.8 Å². The zero-order chi connectivity index (χ0) is 37.4. The van der Waals surface area contributed by atoms with Crippen molar-refractivity contribution in [3.05, 3.63) is 203 Å². The van der Waals surface area contributed by atoms with Gasteiger partial charge in [0.15, 0.2) is 0 Å². The minimum atomic E-state index is 0.246. The molecule has 8 nitrogen and oxygen atoms in total. The lowest BCUT2D eigenvalue weighted by molar-refractivity contribution is 0.727. The Morgan fingerprint density at radius 1 is 0.473 bits per heavy atom. The van der Waals surface area contributed by atoms with Crippen molar-refractivity contribution in [2.24, 2.45) is 21.5 Å². The van der Waals surface area contributed by atoms with Crippen LogP contribution in [0.15, 0.2) is 168 Å². The Morgan fingerprint density at radius 3 is 1.16 bits per heavy atom. The van der Waals surface area contributed by atoms with Crippen LogP contribution in [0.2, 0.25) is 0 Å². The molecule has 0 unspecified atom stereocenters. The van der Waals surface area contributed by atoms with Crippen molar-refractivity contribution >= 4 is 33.7 Å². The van der Waals surface area contributed by atoms with Crippen molar-refractivity contribution in [2.75, 3.05) is 13.1 Å². The third-order valence-electron chi connectivity index (χ3n) is 10.2. The molecule has 0 fully saturated rings. The number of amidine groups is 2. The van der Waals surface area contributed by atoms with Crippen LogP contribution in [0.3, 0.4) is 0 Å². The molecule has 272 valence electrons. The zero-order valence-electron chi connectivity index (χ0n) is 30.6. The topological polar surface area (TPSA) is 134 Å². The maximum absolute atomic E-state index is 6.53. The first-order chi connectivity index (χ1) is 27.1. The number of H-pyrrole nitrogens is 2. The van der Waals surface area contributed by atoms with Gasteiger partial charge in [0.2, 0.25) is 0 Å². The molecule has 8 heteroatoms. The van der Waals surface area contributed by atoms with E-state index in [0.29, 0.717) is 31.2 Å². The summed E-state index contributed by atoms with van der Waals surface area (Å²) in [5, 5.41) is 0. The van der Waals surface area contributed by atoms with Crippen molar-refractivity contribution < 1.29 is 0 Å². The molecular formula is C47H44N8. The molecule has 0 saturated heterocycles. The minimum absolute atomic E-state index is 0.246. The second-order valence-electron chi connectivity index (χ2n) is 13.9. The molecule has 0 radical (unpaired) electrons. The molecule has 0 saturated carbocycles. The van der Waals surface area contributed by atoms with Crippen molar-refractivity contribution in [1.29, 1.82) is 0 Å². The fourth-order valence-corrected chi connectivity index (χ4v) is 7.37. The highest BCUT2D eigenvalue weighted by Crippen LogP contribution is 2.29. The Kier molecular flexibility index (Phi) is 10.6. The van der Waals surface area contributed by atoms with E-state index in [1.807, 2.05) is 36.4 Å². The molecule has 2 aromatic heterocycles. The van der Waals surface area contributed by atoms with Crippen molar-refractivity contribution in [3.63, 3.8) is 0 Å². The molecule has 0 aliphatic heterocycles. The van der Waals surface area contributed by atoms with E-state index in [0.717, 1.165) is 57.7 Å². The minimum Gasteiger partial charge on any atom is -0.384 e. The lowest BCUT2D eigenvalue weighted by atomic mass is 9.88. The molecule has 0 atom stereocenters. The molecule has 0 bridgehead atoms. The summed E-state index contributed by atoms with van der Waals surface area (Å²) in [4.78, 5) is 26.2. The fraction of sp³-hybridized carbons (Fsp3) is 0.149. The van der Waals surface area contributed by atoms with Crippen LogP contribution in [-0.4, -0.2) is 44.7 Å².